The lowest BCUT2D eigenvalue weighted by molar-refractivity contribution is -0.142. The van der Waals surface area contributed by atoms with Gasteiger partial charge in [-0.25, -0.2) is 0 Å². The molecule has 0 unspecified atom stereocenters. The Labute approximate surface area is 175 Å². The van der Waals surface area contributed by atoms with E-state index in [9.17, 15) is 9.59 Å². The molecule has 29 heavy (non-hydrogen) atoms. The normalized spacial score (nSPS) is 10.0. The minimum Gasteiger partial charge on any atom is -0.464 e. The van der Waals surface area contributed by atoms with Crippen LogP contribution in [-0.4, -0.2) is 25.0 Å². The summed E-state index contributed by atoms with van der Waals surface area (Å²) in [7, 11) is 0. The summed E-state index contributed by atoms with van der Waals surface area (Å²) in [4.78, 5) is 24.0. The van der Waals surface area contributed by atoms with Gasteiger partial charge in [-0.2, -0.15) is 0 Å². The summed E-state index contributed by atoms with van der Waals surface area (Å²) < 4.78 is 5.17. The molecule has 0 aliphatic rings. The van der Waals surface area contributed by atoms with Crippen molar-refractivity contribution in [2.45, 2.75) is 71.1 Å². The first-order valence-corrected chi connectivity index (χ1v) is 10.6. The molecule has 0 atom stereocenters. The Bertz CT molecular complexity index is 692. The lowest BCUT2D eigenvalue weighted by Crippen LogP contribution is -2.30. The molecule has 4 nitrogen and oxygen atoms in total. The van der Waals surface area contributed by atoms with E-state index in [0.29, 0.717) is 23.3 Å². The molecule has 1 N–H and O–H groups in total. The number of hydrogen-bond donors (Lipinski definition) is 1. The number of carbonyl (C=O) groups excluding carboxylic acids is 2. The number of nitrogens with one attached hydrogen (secondary N) is 1. The first-order chi connectivity index (χ1) is 14.1. The van der Waals surface area contributed by atoms with E-state index >= 15 is 0 Å². The van der Waals surface area contributed by atoms with Gasteiger partial charge < -0.3 is 10.1 Å². The molecular weight excluding hydrogens is 362 g/mol. The second kappa shape index (κ2) is 15.2. The molecule has 1 aromatic carbocycles. The minimum atomic E-state index is -0.445. The van der Waals surface area contributed by atoms with Crippen LogP contribution >= 0.6 is 0 Å². The van der Waals surface area contributed by atoms with Crippen LogP contribution in [0.4, 0.5) is 0 Å². The van der Waals surface area contributed by atoms with E-state index in [0.717, 1.165) is 12.8 Å². The first-order valence-electron chi connectivity index (χ1n) is 10.6. The van der Waals surface area contributed by atoms with Crippen molar-refractivity contribution < 1.29 is 14.3 Å². The molecule has 0 aliphatic carbocycles. The van der Waals surface area contributed by atoms with Crippen LogP contribution in [0.15, 0.2) is 18.2 Å². The lowest BCUT2D eigenvalue weighted by atomic mass is 10.1. The molecule has 0 aromatic heterocycles. The Kier molecular flexibility index (Phi) is 12.8. The maximum Gasteiger partial charge on any atom is 0.325 e. The monoisotopic (exact) mass is 395 g/mol. The molecule has 0 heterocycles. The van der Waals surface area contributed by atoms with Gasteiger partial charge in [-0.3, -0.25) is 9.59 Å². The minimum absolute atomic E-state index is 0.178. The number of unbranched alkanes of at least 4 members (excludes halogenated alkanes) is 9. The van der Waals surface area contributed by atoms with Crippen molar-refractivity contribution in [1.29, 1.82) is 0 Å². The molecule has 0 saturated heterocycles. The average Bonchev–Trinajstić information content (AvgIpc) is 2.75. The number of ether oxygens (including phenoxy) is 1. The molecule has 0 bridgehead atoms. The van der Waals surface area contributed by atoms with E-state index in [4.69, 9.17) is 17.6 Å². The van der Waals surface area contributed by atoms with E-state index in [-0.39, 0.29) is 6.54 Å². The topological polar surface area (TPSA) is 55.4 Å². The third-order valence-electron chi connectivity index (χ3n) is 4.68. The number of amides is 1. The van der Waals surface area contributed by atoms with Gasteiger partial charge in [-0.15, -0.1) is 12.8 Å². The summed E-state index contributed by atoms with van der Waals surface area (Å²) in [6, 6.07) is 4.77. The number of benzene rings is 1. The van der Waals surface area contributed by atoms with Crippen molar-refractivity contribution in [3.8, 4) is 24.7 Å². The quantitative estimate of drug-likeness (QED) is 0.278. The number of esters is 1. The second-order valence-electron chi connectivity index (χ2n) is 7.17. The molecule has 1 rings (SSSR count). The SMILES string of the molecule is C#Cc1cc(C#C)cc(C(=O)NCC(=O)OCCCCCCCCCCCC)c1. The third kappa shape index (κ3) is 11.0. The molecule has 0 spiro atoms. The zero-order valence-electron chi connectivity index (χ0n) is 17.6. The predicted octanol–water partition coefficient (Wildman–Crippen LogP) is 4.84. The summed E-state index contributed by atoms with van der Waals surface area (Å²) >= 11 is 0. The molecule has 1 amide bonds. The Morgan fingerprint density at radius 3 is 1.90 bits per heavy atom. The summed E-state index contributed by atoms with van der Waals surface area (Å²) in [5.74, 6) is 4.06. The van der Waals surface area contributed by atoms with Gasteiger partial charge in [0, 0.05) is 16.7 Å². The third-order valence-corrected chi connectivity index (χ3v) is 4.68. The van der Waals surface area contributed by atoms with E-state index in [2.05, 4.69) is 24.1 Å². The number of rotatable bonds is 14. The van der Waals surface area contributed by atoms with Crippen LogP contribution in [0, 0.1) is 24.7 Å². The molecule has 156 valence electrons. The molecule has 4 heteroatoms. The summed E-state index contributed by atoms with van der Waals surface area (Å²) in [5.41, 5.74) is 1.37. The van der Waals surface area contributed by atoms with E-state index < -0.39 is 11.9 Å². The maximum atomic E-state index is 12.2. The first kappa shape index (κ1) is 24.3. The van der Waals surface area contributed by atoms with Crippen molar-refractivity contribution in [3.05, 3.63) is 34.9 Å². The predicted molar refractivity (Wildman–Crippen MR) is 117 cm³/mol. The highest BCUT2D eigenvalue weighted by molar-refractivity contribution is 5.96. The van der Waals surface area contributed by atoms with Gasteiger partial charge in [0.05, 0.1) is 6.61 Å². The van der Waals surface area contributed by atoms with Gasteiger partial charge in [0.1, 0.15) is 6.54 Å². The summed E-state index contributed by atoms with van der Waals surface area (Å²) in [6.07, 6.45) is 23.0. The standard InChI is InChI=1S/C25H33NO3/c1-4-7-8-9-10-11-12-13-14-15-16-29-24(27)20-26-25(28)23-18-21(5-2)17-22(6-3)19-23/h2-3,17-19H,4,7-16,20H2,1H3,(H,26,28). The van der Waals surface area contributed by atoms with Crippen LogP contribution in [0.2, 0.25) is 0 Å². The number of carbonyl (C=O) groups is 2. The lowest BCUT2D eigenvalue weighted by Gasteiger charge is -2.08. The number of terminal acetylenes is 2. The van der Waals surface area contributed by atoms with Gasteiger partial charge >= 0.3 is 5.97 Å². The van der Waals surface area contributed by atoms with Crippen LogP contribution in [0.5, 0.6) is 0 Å². The largest absolute Gasteiger partial charge is 0.464 e. The average molecular weight is 396 g/mol. The fourth-order valence-corrected chi connectivity index (χ4v) is 3.01. The molecule has 0 fully saturated rings. The Hall–Kier alpha value is -2.72. The molecule has 0 saturated carbocycles. The Morgan fingerprint density at radius 2 is 1.38 bits per heavy atom. The van der Waals surface area contributed by atoms with Gasteiger partial charge in [0.25, 0.3) is 5.91 Å². The van der Waals surface area contributed by atoms with Gasteiger partial charge in [0.2, 0.25) is 0 Å². The van der Waals surface area contributed by atoms with Crippen LogP contribution in [0.1, 0.15) is 92.6 Å². The highest BCUT2D eigenvalue weighted by Crippen LogP contribution is 2.11. The zero-order valence-corrected chi connectivity index (χ0v) is 17.6. The molecular formula is C25H33NO3. The van der Waals surface area contributed by atoms with Crippen LogP contribution in [-0.2, 0) is 9.53 Å². The number of hydrogen-bond acceptors (Lipinski definition) is 3. The fraction of sp³-hybridized carbons (Fsp3) is 0.520. The summed E-state index contributed by atoms with van der Waals surface area (Å²) in [5, 5.41) is 2.54. The highest BCUT2D eigenvalue weighted by atomic mass is 16.5. The maximum absolute atomic E-state index is 12.2. The smallest absolute Gasteiger partial charge is 0.325 e. The second-order valence-corrected chi connectivity index (χ2v) is 7.17. The van der Waals surface area contributed by atoms with Crippen molar-refractivity contribution >= 4 is 11.9 Å². The van der Waals surface area contributed by atoms with Crippen molar-refractivity contribution in [2.24, 2.45) is 0 Å². The highest BCUT2D eigenvalue weighted by Gasteiger charge is 2.10. The van der Waals surface area contributed by atoms with E-state index in [1.165, 1.54) is 51.4 Å². The van der Waals surface area contributed by atoms with Gasteiger partial charge in [0.15, 0.2) is 0 Å². The van der Waals surface area contributed by atoms with Crippen LogP contribution < -0.4 is 5.32 Å². The van der Waals surface area contributed by atoms with E-state index in [1.54, 1.807) is 18.2 Å². The zero-order chi connectivity index (χ0) is 21.3. The summed E-state index contributed by atoms with van der Waals surface area (Å²) in [6.45, 7) is 2.44. The molecule has 0 aliphatic heterocycles. The Morgan fingerprint density at radius 1 is 0.862 bits per heavy atom. The van der Waals surface area contributed by atoms with Crippen LogP contribution in [0.25, 0.3) is 0 Å². The van der Waals surface area contributed by atoms with Crippen molar-refractivity contribution in [1.82, 2.24) is 5.32 Å². The Balaban J connectivity index is 2.13. The van der Waals surface area contributed by atoms with Crippen molar-refractivity contribution in [3.63, 3.8) is 0 Å². The van der Waals surface area contributed by atoms with Gasteiger partial charge in [-0.05, 0) is 24.6 Å². The molecule has 0 radical (unpaired) electrons. The van der Waals surface area contributed by atoms with E-state index in [1.807, 2.05) is 0 Å². The fourth-order valence-electron chi connectivity index (χ4n) is 3.01. The van der Waals surface area contributed by atoms with Crippen LogP contribution in [0.3, 0.4) is 0 Å². The van der Waals surface area contributed by atoms with Crippen molar-refractivity contribution in [2.75, 3.05) is 13.2 Å². The van der Waals surface area contributed by atoms with Gasteiger partial charge in [-0.1, -0.05) is 76.6 Å². The molecule has 1 aromatic rings.